The average molecular weight is 290 g/mol. The van der Waals surface area contributed by atoms with Crippen molar-refractivity contribution < 1.29 is 29.2 Å². The van der Waals surface area contributed by atoms with E-state index in [4.69, 9.17) is 18.9 Å². The van der Waals surface area contributed by atoms with Crippen LogP contribution in [0.1, 0.15) is 40.5 Å². The smallest absolute Gasteiger partial charge is 0.166 e. The zero-order valence-electron chi connectivity index (χ0n) is 12.7. The van der Waals surface area contributed by atoms with Gasteiger partial charge in [-0.25, -0.2) is 0 Å². The van der Waals surface area contributed by atoms with Gasteiger partial charge in [-0.15, -0.1) is 0 Å². The van der Waals surface area contributed by atoms with Crippen molar-refractivity contribution in [3.05, 3.63) is 0 Å². The Kier molecular flexibility index (Phi) is 4.73. The van der Waals surface area contributed by atoms with Gasteiger partial charge in [0.2, 0.25) is 0 Å². The fraction of sp³-hybridized carbons (Fsp3) is 1.00. The number of rotatable bonds is 5. The summed E-state index contributed by atoms with van der Waals surface area (Å²) >= 11 is 0. The molecule has 20 heavy (non-hydrogen) atoms. The molecule has 2 saturated heterocycles. The summed E-state index contributed by atoms with van der Waals surface area (Å²) in [5, 5.41) is 20.5. The lowest BCUT2D eigenvalue weighted by Crippen LogP contribution is -2.47. The third kappa shape index (κ3) is 3.16. The molecule has 0 radical (unpaired) electrons. The van der Waals surface area contributed by atoms with Crippen molar-refractivity contribution in [1.29, 1.82) is 0 Å². The van der Waals surface area contributed by atoms with Crippen LogP contribution in [-0.4, -0.2) is 59.4 Å². The molecule has 6 atom stereocenters. The van der Waals surface area contributed by atoms with E-state index in [0.29, 0.717) is 12.8 Å². The lowest BCUT2D eigenvalue weighted by atomic mass is 10.0. The molecule has 6 nitrogen and oxygen atoms in total. The largest absolute Gasteiger partial charge is 0.387 e. The Labute approximate surface area is 120 Å². The summed E-state index contributed by atoms with van der Waals surface area (Å²) < 4.78 is 22.4. The SMILES string of the molecule is CC[C@]1(C)OC[C@@H](C(O)C(O)[C@@H]2CO[C@@](C)(CC)O2)O1. The fourth-order valence-corrected chi connectivity index (χ4v) is 2.44. The van der Waals surface area contributed by atoms with Crippen LogP contribution in [0.5, 0.6) is 0 Å². The highest BCUT2D eigenvalue weighted by Gasteiger charge is 2.46. The zero-order valence-corrected chi connectivity index (χ0v) is 12.7. The number of aliphatic hydroxyl groups is 2. The Balaban J connectivity index is 1.92. The molecule has 0 aromatic carbocycles. The number of hydrogen-bond donors (Lipinski definition) is 2. The second kappa shape index (κ2) is 5.87. The Morgan fingerprint density at radius 2 is 1.25 bits per heavy atom. The molecule has 0 spiro atoms. The lowest BCUT2D eigenvalue weighted by Gasteiger charge is -2.28. The van der Waals surface area contributed by atoms with Gasteiger partial charge in [-0.05, 0) is 26.7 Å². The summed E-state index contributed by atoms with van der Waals surface area (Å²) in [4.78, 5) is 0. The van der Waals surface area contributed by atoms with Crippen molar-refractivity contribution in [2.45, 2.75) is 76.5 Å². The maximum absolute atomic E-state index is 10.3. The second-order valence-corrected chi connectivity index (χ2v) is 5.89. The van der Waals surface area contributed by atoms with Crippen molar-refractivity contribution in [1.82, 2.24) is 0 Å². The van der Waals surface area contributed by atoms with Gasteiger partial charge in [0.1, 0.15) is 24.4 Å². The Morgan fingerprint density at radius 1 is 0.900 bits per heavy atom. The Morgan fingerprint density at radius 3 is 1.50 bits per heavy atom. The van der Waals surface area contributed by atoms with Crippen molar-refractivity contribution in [3.8, 4) is 0 Å². The van der Waals surface area contributed by atoms with E-state index in [1.54, 1.807) is 0 Å². The van der Waals surface area contributed by atoms with E-state index >= 15 is 0 Å². The van der Waals surface area contributed by atoms with E-state index in [2.05, 4.69) is 0 Å². The van der Waals surface area contributed by atoms with Crippen LogP contribution in [0.3, 0.4) is 0 Å². The minimum Gasteiger partial charge on any atom is -0.387 e. The fourth-order valence-electron chi connectivity index (χ4n) is 2.44. The van der Waals surface area contributed by atoms with E-state index in [-0.39, 0.29) is 13.2 Å². The summed E-state index contributed by atoms with van der Waals surface area (Å²) in [7, 11) is 0. The highest BCUT2D eigenvalue weighted by Crippen LogP contribution is 2.32. The number of ether oxygens (including phenoxy) is 4. The molecule has 0 aromatic heterocycles. The Hall–Kier alpha value is -0.240. The second-order valence-electron chi connectivity index (χ2n) is 5.89. The van der Waals surface area contributed by atoms with Crippen molar-refractivity contribution in [2.75, 3.05) is 13.2 Å². The third-order valence-corrected chi connectivity index (χ3v) is 4.30. The molecule has 2 aliphatic heterocycles. The summed E-state index contributed by atoms with van der Waals surface area (Å²) in [6, 6.07) is 0. The van der Waals surface area contributed by atoms with Gasteiger partial charge in [-0.3, -0.25) is 0 Å². The van der Waals surface area contributed by atoms with Crippen molar-refractivity contribution in [2.24, 2.45) is 0 Å². The summed E-state index contributed by atoms with van der Waals surface area (Å²) in [5.74, 6) is -1.37. The molecule has 0 bridgehead atoms. The van der Waals surface area contributed by atoms with Gasteiger partial charge in [-0.1, -0.05) is 13.8 Å². The molecule has 118 valence electrons. The van der Waals surface area contributed by atoms with Gasteiger partial charge in [-0.2, -0.15) is 0 Å². The first kappa shape index (κ1) is 16.1. The van der Waals surface area contributed by atoms with E-state index < -0.39 is 36.0 Å². The van der Waals surface area contributed by atoms with Crippen LogP contribution >= 0.6 is 0 Å². The van der Waals surface area contributed by atoms with Gasteiger partial charge < -0.3 is 29.2 Å². The first-order chi connectivity index (χ1) is 9.32. The highest BCUT2D eigenvalue weighted by molar-refractivity contribution is 4.89. The van der Waals surface area contributed by atoms with Crippen LogP contribution < -0.4 is 0 Å². The average Bonchev–Trinajstić information content (AvgIpc) is 3.03. The maximum Gasteiger partial charge on any atom is 0.166 e. The molecule has 2 rings (SSSR count). The van der Waals surface area contributed by atoms with Crippen LogP contribution in [0.15, 0.2) is 0 Å². The molecule has 0 saturated carbocycles. The lowest BCUT2D eigenvalue weighted by molar-refractivity contribution is -0.194. The predicted molar refractivity (Wildman–Crippen MR) is 71.1 cm³/mol. The normalized spacial score (nSPS) is 44.7. The predicted octanol–water partition coefficient (Wildman–Crippen LogP) is 0.791. The van der Waals surface area contributed by atoms with Crippen molar-refractivity contribution in [3.63, 3.8) is 0 Å². The number of hydrogen-bond acceptors (Lipinski definition) is 6. The van der Waals surface area contributed by atoms with E-state index in [1.807, 2.05) is 27.7 Å². The third-order valence-electron chi connectivity index (χ3n) is 4.30. The van der Waals surface area contributed by atoms with E-state index in [1.165, 1.54) is 0 Å². The monoisotopic (exact) mass is 290 g/mol. The summed E-state index contributed by atoms with van der Waals surface area (Å²) in [5.41, 5.74) is 0. The van der Waals surface area contributed by atoms with Crippen LogP contribution in [0.4, 0.5) is 0 Å². The standard InChI is InChI=1S/C14H26O6/c1-5-13(3)17-7-9(19-13)11(15)12(16)10-8-18-14(4,6-2)20-10/h9-12,15-16H,5-8H2,1-4H3/t9-,10-,11?,12?,13+,14+/m0/s1. The Bertz CT molecular complexity index is 306. The van der Waals surface area contributed by atoms with Crippen LogP contribution in [0, 0.1) is 0 Å². The molecule has 2 heterocycles. The van der Waals surface area contributed by atoms with Gasteiger partial charge in [0.15, 0.2) is 11.6 Å². The van der Waals surface area contributed by atoms with E-state index in [9.17, 15) is 10.2 Å². The molecule has 0 amide bonds. The summed E-state index contributed by atoms with van der Waals surface area (Å²) in [6.07, 6.45) is -1.85. The van der Waals surface area contributed by atoms with Gasteiger partial charge >= 0.3 is 0 Å². The van der Waals surface area contributed by atoms with Crippen LogP contribution in [-0.2, 0) is 18.9 Å². The van der Waals surface area contributed by atoms with Gasteiger partial charge in [0.05, 0.1) is 13.2 Å². The van der Waals surface area contributed by atoms with Crippen LogP contribution in [0.25, 0.3) is 0 Å². The molecule has 2 unspecified atom stereocenters. The molecule has 0 aromatic rings. The van der Waals surface area contributed by atoms with Gasteiger partial charge in [0, 0.05) is 0 Å². The van der Waals surface area contributed by atoms with E-state index in [0.717, 1.165) is 0 Å². The first-order valence-electron chi connectivity index (χ1n) is 7.32. The molecular weight excluding hydrogens is 264 g/mol. The minimum atomic E-state index is -1.06. The molecule has 2 aliphatic rings. The van der Waals surface area contributed by atoms with Gasteiger partial charge in [0.25, 0.3) is 0 Å². The molecular formula is C14H26O6. The minimum absolute atomic E-state index is 0.265. The zero-order chi connectivity index (χ0) is 15.0. The molecule has 2 fully saturated rings. The first-order valence-corrected chi connectivity index (χ1v) is 7.32. The molecule has 6 heteroatoms. The molecule has 0 aliphatic carbocycles. The van der Waals surface area contributed by atoms with Crippen molar-refractivity contribution >= 4 is 0 Å². The molecule has 2 N–H and O–H groups in total. The summed E-state index contributed by atoms with van der Waals surface area (Å²) in [6.45, 7) is 8.09. The van der Waals surface area contributed by atoms with Crippen LogP contribution in [0.2, 0.25) is 0 Å². The quantitative estimate of drug-likeness (QED) is 0.779. The topological polar surface area (TPSA) is 77.4 Å². The number of aliphatic hydroxyl groups excluding tert-OH is 2. The highest BCUT2D eigenvalue weighted by atomic mass is 16.8. The maximum atomic E-state index is 10.3.